The molecule has 30 heavy (non-hydrogen) atoms. The fourth-order valence-electron chi connectivity index (χ4n) is 3.93. The Morgan fingerprint density at radius 1 is 1.07 bits per heavy atom. The maximum absolute atomic E-state index is 12.8. The van der Waals surface area contributed by atoms with Crippen molar-refractivity contribution in [2.45, 2.75) is 45.3 Å². The van der Waals surface area contributed by atoms with Gasteiger partial charge in [0.15, 0.2) is 0 Å². The van der Waals surface area contributed by atoms with Crippen LogP contribution in [0, 0.1) is 13.8 Å². The van der Waals surface area contributed by atoms with E-state index in [-0.39, 0.29) is 12.3 Å². The molecule has 1 heterocycles. The summed E-state index contributed by atoms with van der Waals surface area (Å²) in [5, 5.41) is 15.1. The average Bonchev–Trinajstić information content (AvgIpc) is 2.72. The minimum atomic E-state index is -0.673. The summed E-state index contributed by atoms with van der Waals surface area (Å²) in [6.07, 6.45) is 1.26. The van der Waals surface area contributed by atoms with Crippen LogP contribution in [0.1, 0.15) is 46.3 Å². The van der Waals surface area contributed by atoms with Crippen molar-refractivity contribution in [1.29, 1.82) is 0 Å². The number of benzene rings is 2. The van der Waals surface area contributed by atoms with Gasteiger partial charge < -0.3 is 15.4 Å². The lowest BCUT2D eigenvalue weighted by molar-refractivity contribution is -0.130. The largest absolute Gasteiger partial charge is 0.489 e. The summed E-state index contributed by atoms with van der Waals surface area (Å²) in [6.45, 7) is 5.97. The monoisotopic (exact) mass is 411 g/mol. The highest BCUT2D eigenvalue weighted by atomic mass is 16.5. The second-order valence-corrected chi connectivity index (χ2v) is 8.01. The van der Waals surface area contributed by atoms with Crippen LogP contribution in [-0.4, -0.2) is 35.7 Å². The van der Waals surface area contributed by atoms with Crippen LogP contribution < -0.4 is 20.9 Å². The summed E-state index contributed by atoms with van der Waals surface area (Å²) in [7, 11) is 0. The number of carbonyl (C=O) groups excluding carboxylic acids is 2. The zero-order chi connectivity index (χ0) is 21.6. The summed E-state index contributed by atoms with van der Waals surface area (Å²) >= 11 is 0. The SMILES string of the molecule is Cc1cc(C)cc(COc2ccc(C(=O)NC3(CC(=O)NO)CCNCC3)cc2)c1. The Balaban J connectivity index is 1.62. The molecule has 3 rings (SSSR count). The molecule has 0 spiro atoms. The summed E-state index contributed by atoms with van der Waals surface area (Å²) in [6, 6.07) is 13.3. The predicted octanol–water partition coefficient (Wildman–Crippen LogP) is 2.63. The highest BCUT2D eigenvalue weighted by Crippen LogP contribution is 2.24. The molecule has 1 saturated heterocycles. The molecule has 2 aromatic rings. The van der Waals surface area contributed by atoms with Crippen LogP contribution >= 0.6 is 0 Å². The van der Waals surface area contributed by atoms with Gasteiger partial charge in [-0.25, -0.2) is 5.48 Å². The lowest BCUT2D eigenvalue weighted by atomic mass is 9.84. The molecule has 1 aliphatic heterocycles. The summed E-state index contributed by atoms with van der Waals surface area (Å²) in [5.74, 6) is -0.0715. The maximum atomic E-state index is 12.8. The smallest absolute Gasteiger partial charge is 0.251 e. The second kappa shape index (κ2) is 9.73. The number of hydrogen-bond acceptors (Lipinski definition) is 5. The molecule has 160 valence electrons. The number of rotatable bonds is 7. The van der Waals surface area contributed by atoms with E-state index in [2.05, 4.69) is 42.7 Å². The molecule has 0 atom stereocenters. The third-order valence-electron chi connectivity index (χ3n) is 5.37. The molecular weight excluding hydrogens is 382 g/mol. The standard InChI is InChI=1S/C23H29N3O4/c1-16-11-17(2)13-18(12-16)15-30-20-5-3-19(4-6-20)22(28)25-23(14-21(27)26-29)7-9-24-10-8-23/h3-6,11-13,24,29H,7-10,14-15H2,1-2H3,(H,25,28)(H,26,27). The summed E-state index contributed by atoms with van der Waals surface area (Å²) in [4.78, 5) is 24.5. The van der Waals surface area contributed by atoms with Crippen molar-refractivity contribution in [2.24, 2.45) is 0 Å². The van der Waals surface area contributed by atoms with Gasteiger partial charge in [-0.2, -0.15) is 0 Å². The van der Waals surface area contributed by atoms with Crippen LogP contribution in [0.25, 0.3) is 0 Å². The molecule has 1 fully saturated rings. The van der Waals surface area contributed by atoms with Gasteiger partial charge >= 0.3 is 0 Å². The van der Waals surface area contributed by atoms with E-state index in [1.807, 2.05) is 0 Å². The van der Waals surface area contributed by atoms with Crippen LogP contribution in [-0.2, 0) is 11.4 Å². The quantitative estimate of drug-likeness (QED) is 0.415. The van der Waals surface area contributed by atoms with Gasteiger partial charge in [-0.15, -0.1) is 0 Å². The molecule has 2 aromatic carbocycles. The molecule has 0 aliphatic carbocycles. The number of aryl methyl sites for hydroxylation is 2. The molecule has 0 saturated carbocycles. The number of piperidine rings is 1. The highest BCUT2D eigenvalue weighted by molar-refractivity contribution is 5.95. The first-order chi connectivity index (χ1) is 14.4. The van der Waals surface area contributed by atoms with Crippen molar-refractivity contribution in [2.75, 3.05) is 13.1 Å². The van der Waals surface area contributed by atoms with E-state index in [0.717, 1.165) is 5.56 Å². The van der Waals surface area contributed by atoms with Crippen molar-refractivity contribution in [3.8, 4) is 5.75 Å². The topological polar surface area (TPSA) is 99.7 Å². The molecule has 7 nitrogen and oxygen atoms in total. The Hall–Kier alpha value is -2.90. The Bertz CT molecular complexity index is 870. The van der Waals surface area contributed by atoms with Crippen LogP contribution in [0.15, 0.2) is 42.5 Å². The predicted molar refractivity (Wildman–Crippen MR) is 114 cm³/mol. The fraction of sp³-hybridized carbons (Fsp3) is 0.391. The van der Waals surface area contributed by atoms with E-state index in [4.69, 9.17) is 9.94 Å². The Morgan fingerprint density at radius 3 is 2.30 bits per heavy atom. The van der Waals surface area contributed by atoms with Gasteiger partial charge in [-0.1, -0.05) is 29.3 Å². The maximum Gasteiger partial charge on any atom is 0.251 e. The normalized spacial score (nSPS) is 15.3. The van der Waals surface area contributed by atoms with Crippen molar-refractivity contribution in [1.82, 2.24) is 16.1 Å². The first-order valence-electron chi connectivity index (χ1n) is 10.2. The van der Waals surface area contributed by atoms with Crippen LogP contribution in [0.5, 0.6) is 5.75 Å². The van der Waals surface area contributed by atoms with Crippen LogP contribution in [0.4, 0.5) is 0 Å². The number of ether oxygens (including phenoxy) is 1. The van der Waals surface area contributed by atoms with E-state index < -0.39 is 11.4 Å². The van der Waals surface area contributed by atoms with Crippen molar-refractivity contribution in [3.63, 3.8) is 0 Å². The molecule has 0 unspecified atom stereocenters. The Labute approximate surface area is 176 Å². The molecule has 7 heteroatoms. The number of amides is 2. The van der Waals surface area contributed by atoms with E-state index in [1.165, 1.54) is 11.1 Å². The summed E-state index contributed by atoms with van der Waals surface area (Å²) in [5.41, 5.74) is 4.98. The van der Waals surface area contributed by atoms with Gasteiger partial charge in [-0.05, 0) is 69.6 Å². The molecule has 1 aliphatic rings. The fourth-order valence-corrected chi connectivity index (χ4v) is 3.93. The van der Waals surface area contributed by atoms with E-state index >= 15 is 0 Å². The average molecular weight is 412 g/mol. The molecule has 0 radical (unpaired) electrons. The zero-order valence-corrected chi connectivity index (χ0v) is 17.5. The number of hydrogen-bond donors (Lipinski definition) is 4. The van der Waals surface area contributed by atoms with Gasteiger partial charge in [0.05, 0.1) is 12.0 Å². The van der Waals surface area contributed by atoms with E-state index in [9.17, 15) is 9.59 Å². The van der Waals surface area contributed by atoms with E-state index in [0.29, 0.717) is 43.9 Å². The second-order valence-electron chi connectivity index (χ2n) is 8.01. The third-order valence-corrected chi connectivity index (χ3v) is 5.37. The number of carbonyl (C=O) groups is 2. The van der Waals surface area contributed by atoms with Crippen LogP contribution in [0.2, 0.25) is 0 Å². The van der Waals surface area contributed by atoms with Crippen molar-refractivity contribution in [3.05, 3.63) is 64.7 Å². The van der Waals surface area contributed by atoms with Crippen molar-refractivity contribution < 1.29 is 19.5 Å². The minimum Gasteiger partial charge on any atom is -0.489 e. The third kappa shape index (κ3) is 5.81. The minimum absolute atomic E-state index is 0.0357. The zero-order valence-electron chi connectivity index (χ0n) is 17.5. The van der Waals surface area contributed by atoms with Crippen LogP contribution in [0.3, 0.4) is 0 Å². The van der Waals surface area contributed by atoms with Gasteiger partial charge in [0.2, 0.25) is 5.91 Å². The molecule has 4 N–H and O–H groups in total. The van der Waals surface area contributed by atoms with Gasteiger partial charge in [-0.3, -0.25) is 14.8 Å². The lowest BCUT2D eigenvalue weighted by Crippen LogP contribution is -2.56. The number of nitrogens with one attached hydrogen (secondary N) is 3. The van der Waals surface area contributed by atoms with Gasteiger partial charge in [0.1, 0.15) is 12.4 Å². The molecule has 0 aromatic heterocycles. The van der Waals surface area contributed by atoms with Crippen molar-refractivity contribution >= 4 is 11.8 Å². The first kappa shape index (κ1) is 21.8. The first-order valence-corrected chi connectivity index (χ1v) is 10.2. The summed E-state index contributed by atoms with van der Waals surface area (Å²) < 4.78 is 5.85. The van der Waals surface area contributed by atoms with Gasteiger partial charge in [0.25, 0.3) is 5.91 Å². The molecule has 2 amide bonds. The van der Waals surface area contributed by atoms with Gasteiger partial charge in [0, 0.05) is 5.56 Å². The van der Waals surface area contributed by atoms with E-state index in [1.54, 1.807) is 29.7 Å². The number of hydroxylamine groups is 1. The Kier molecular flexibility index (Phi) is 7.07. The molecular formula is C23H29N3O4. The molecule has 0 bridgehead atoms. The Morgan fingerprint density at radius 2 is 1.70 bits per heavy atom. The highest BCUT2D eigenvalue weighted by Gasteiger charge is 2.36. The lowest BCUT2D eigenvalue weighted by Gasteiger charge is -2.37.